The van der Waals surface area contributed by atoms with E-state index in [0.29, 0.717) is 12.3 Å². The van der Waals surface area contributed by atoms with Crippen LogP contribution in [-0.2, 0) is 10.3 Å². The maximum atomic E-state index is 6.24. The molecule has 1 aliphatic heterocycles. The number of rotatable bonds is 5. The van der Waals surface area contributed by atoms with E-state index < -0.39 is 5.54 Å². The van der Waals surface area contributed by atoms with Crippen molar-refractivity contribution >= 4 is 5.84 Å². The van der Waals surface area contributed by atoms with Crippen molar-refractivity contribution in [2.45, 2.75) is 18.1 Å². The van der Waals surface area contributed by atoms with E-state index in [2.05, 4.69) is 35.3 Å². The van der Waals surface area contributed by atoms with E-state index in [-0.39, 0.29) is 6.10 Å². The van der Waals surface area contributed by atoms with Crippen LogP contribution in [0.15, 0.2) is 78.0 Å². The second-order valence-electron chi connectivity index (χ2n) is 6.88. The summed E-state index contributed by atoms with van der Waals surface area (Å²) >= 11 is 0. The van der Waals surface area contributed by atoms with Gasteiger partial charge in [-0.1, -0.05) is 36.4 Å². The molecule has 0 saturated carbocycles. The van der Waals surface area contributed by atoms with Crippen molar-refractivity contribution in [3.63, 3.8) is 0 Å². The minimum absolute atomic E-state index is 0.218. The molecule has 142 valence electrons. The molecule has 0 fully saturated rings. The fraction of sp³-hybridized carbons (Fsp3) is 0.217. The molecule has 0 spiro atoms. The third-order valence-electron chi connectivity index (χ3n) is 5.32. The number of ether oxygens (including phenoxy) is 2. The number of aliphatic imine (C=N–C) groups is 1. The zero-order chi connectivity index (χ0) is 19.6. The van der Waals surface area contributed by atoms with Crippen LogP contribution in [0.3, 0.4) is 0 Å². The van der Waals surface area contributed by atoms with Crippen LogP contribution >= 0.6 is 0 Å². The van der Waals surface area contributed by atoms with Crippen LogP contribution in [0.1, 0.15) is 17.5 Å². The molecule has 0 unspecified atom stereocenters. The first-order chi connectivity index (χ1) is 13.7. The molecule has 5 heteroatoms. The number of aromatic nitrogens is 1. The van der Waals surface area contributed by atoms with Gasteiger partial charge in [0.15, 0.2) is 0 Å². The van der Waals surface area contributed by atoms with E-state index in [1.807, 2.05) is 36.5 Å². The molecule has 0 amide bonds. The van der Waals surface area contributed by atoms with E-state index in [1.54, 1.807) is 20.4 Å². The van der Waals surface area contributed by atoms with E-state index >= 15 is 0 Å². The minimum atomic E-state index is -0.602. The van der Waals surface area contributed by atoms with Gasteiger partial charge in [0.1, 0.15) is 23.2 Å². The topological polar surface area (TPSA) is 69.7 Å². The van der Waals surface area contributed by atoms with Crippen LogP contribution in [-0.4, -0.2) is 31.1 Å². The molecule has 4 rings (SSSR count). The van der Waals surface area contributed by atoms with E-state index in [9.17, 15) is 0 Å². The Morgan fingerprint density at radius 1 is 0.964 bits per heavy atom. The molecular formula is C23H23N3O2. The molecule has 0 aliphatic carbocycles. The number of nitrogens with zero attached hydrogens (tertiary/aromatic N) is 2. The fourth-order valence-electron chi connectivity index (χ4n) is 3.80. The number of benzene rings is 2. The summed E-state index contributed by atoms with van der Waals surface area (Å²) in [6.07, 6.45) is 4.07. The summed E-state index contributed by atoms with van der Waals surface area (Å²) in [5.74, 6) is 1.33. The second-order valence-corrected chi connectivity index (χ2v) is 6.88. The normalized spacial score (nSPS) is 21.4. The van der Waals surface area contributed by atoms with Crippen molar-refractivity contribution in [3.8, 4) is 16.9 Å². The number of pyridine rings is 1. The van der Waals surface area contributed by atoms with Crippen molar-refractivity contribution in [2.24, 2.45) is 10.7 Å². The molecule has 0 bridgehead atoms. The molecule has 5 nitrogen and oxygen atoms in total. The first-order valence-electron chi connectivity index (χ1n) is 9.20. The Bertz CT molecular complexity index is 986. The zero-order valence-electron chi connectivity index (χ0n) is 16.0. The lowest BCUT2D eigenvalue weighted by Crippen LogP contribution is -2.28. The molecule has 3 aromatic rings. The molecule has 2 heterocycles. The predicted octanol–water partition coefficient (Wildman–Crippen LogP) is 3.78. The standard InChI is InChI=1S/C23H23N3O2/c1-27-20-10-8-18(9-11-20)23(14-21(28-2)22(24)26-23)19-7-3-5-16(13-19)17-6-4-12-25-15-17/h3-13,15,21H,14H2,1-2H3,(H2,24,26)/t21-,23-/m1/s1. The van der Waals surface area contributed by atoms with Gasteiger partial charge >= 0.3 is 0 Å². The van der Waals surface area contributed by atoms with Gasteiger partial charge in [0.2, 0.25) is 0 Å². The Kier molecular flexibility index (Phi) is 4.84. The number of amidine groups is 1. The second kappa shape index (κ2) is 7.44. The molecule has 0 radical (unpaired) electrons. The Labute approximate surface area is 164 Å². The van der Waals surface area contributed by atoms with Crippen LogP contribution < -0.4 is 10.5 Å². The highest BCUT2D eigenvalue weighted by Crippen LogP contribution is 2.44. The van der Waals surface area contributed by atoms with Crippen LogP contribution in [0.4, 0.5) is 0 Å². The maximum absolute atomic E-state index is 6.24. The largest absolute Gasteiger partial charge is 0.497 e. The molecule has 1 aromatic heterocycles. The average Bonchev–Trinajstić information content (AvgIpc) is 3.12. The average molecular weight is 373 g/mol. The number of hydrogen-bond acceptors (Lipinski definition) is 5. The highest BCUT2D eigenvalue weighted by atomic mass is 16.5. The van der Waals surface area contributed by atoms with Crippen molar-refractivity contribution in [3.05, 3.63) is 84.2 Å². The summed E-state index contributed by atoms with van der Waals surface area (Å²) in [5.41, 5.74) is 9.91. The van der Waals surface area contributed by atoms with E-state index in [0.717, 1.165) is 28.0 Å². The smallest absolute Gasteiger partial charge is 0.125 e. The molecule has 2 atom stereocenters. The SMILES string of the molecule is COc1ccc([C@@]2(c3cccc(-c4cccnc4)c3)C[C@@H](OC)C(N)=N2)cc1. The lowest BCUT2D eigenvalue weighted by molar-refractivity contribution is 0.142. The van der Waals surface area contributed by atoms with Gasteiger partial charge in [-0.3, -0.25) is 9.98 Å². The molecule has 2 aromatic carbocycles. The monoisotopic (exact) mass is 373 g/mol. The Morgan fingerprint density at radius 2 is 1.75 bits per heavy atom. The number of nitrogens with two attached hydrogens (primary N) is 1. The third-order valence-corrected chi connectivity index (χ3v) is 5.32. The highest BCUT2D eigenvalue weighted by molar-refractivity contribution is 5.88. The molecular weight excluding hydrogens is 350 g/mol. The summed E-state index contributed by atoms with van der Waals surface area (Å²) in [5, 5.41) is 0. The van der Waals surface area contributed by atoms with Crippen LogP contribution in [0.2, 0.25) is 0 Å². The zero-order valence-corrected chi connectivity index (χ0v) is 16.0. The predicted molar refractivity (Wildman–Crippen MR) is 110 cm³/mol. The van der Waals surface area contributed by atoms with Gasteiger partial charge in [0.05, 0.1) is 7.11 Å². The Morgan fingerprint density at radius 3 is 2.39 bits per heavy atom. The van der Waals surface area contributed by atoms with Crippen molar-refractivity contribution < 1.29 is 9.47 Å². The minimum Gasteiger partial charge on any atom is -0.497 e. The highest BCUT2D eigenvalue weighted by Gasteiger charge is 2.43. The van der Waals surface area contributed by atoms with Crippen LogP contribution in [0.25, 0.3) is 11.1 Å². The summed E-state index contributed by atoms with van der Waals surface area (Å²) in [7, 11) is 3.33. The lowest BCUT2D eigenvalue weighted by Gasteiger charge is -2.28. The third kappa shape index (κ3) is 3.14. The number of hydrogen-bond donors (Lipinski definition) is 1. The molecule has 1 aliphatic rings. The summed E-state index contributed by atoms with van der Waals surface area (Å²) in [6.45, 7) is 0. The summed E-state index contributed by atoms with van der Waals surface area (Å²) in [6, 6.07) is 20.4. The molecule has 28 heavy (non-hydrogen) atoms. The van der Waals surface area contributed by atoms with Crippen molar-refractivity contribution in [1.29, 1.82) is 0 Å². The van der Waals surface area contributed by atoms with Gasteiger partial charge in [-0.15, -0.1) is 0 Å². The quantitative estimate of drug-likeness (QED) is 0.739. The van der Waals surface area contributed by atoms with Crippen molar-refractivity contribution in [2.75, 3.05) is 14.2 Å². The van der Waals surface area contributed by atoms with Gasteiger partial charge in [-0.2, -0.15) is 0 Å². The van der Waals surface area contributed by atoms with E-state index in [1.165, 1.54) is 0 Å². The van der Waals surface area contributed by atoms with Gasteiger partial charge in [-0.25, -0.2) is 0 Å². The summed E-state index contributed by atoms with van der Waals surface area (Å²) in [4.78, 5) is 9.15. The number of methoxy groups -OCH3 is 2. The van der Waals surface area contributed by atoms with Gasteiger partial charge in [0.25, 0.3) is 0 Å². The Balaban J connectivity index is 1.85. The van der Waals surface area contributed by atoms with Gasteiger partial charge in [0, 0.05) is 25.9 Å². The van der Waals surface area contributed by atoms with Crippen LogP contribution in [0.5, 0.6) is 5.75 Å². The van der Waals surface area contributed by atoms with Crippen molar-refractivity contribution in [1.82, 2.24) is 4.98 Å². The first-order valence-corrected chi connectivity index (χ1v) is 9.20. The summed E-state index contributed by atoms with van der Waals surface area (Å²) < 4.78 is 10.9. The lowest BCUT2D eigenvalue weighted by atomic mass is 9.80. The molecule has 2 N–H and O–H groups in total. The van der Waals surface area contributed by atoms with Gasteiger partial charge < -0.3 is 15.2 Å². The molecule has 0 saturated heterocycles. The van der Waals surface area contributed by atoms with Crippen LogP contribution in [0, 0.1) is 0 Å². The maximum Gasteiger partial charge on any atom is 0.125 e. The first kappa shape index (κ1) is 18.2. The Hall–Kier alpha value is -3.18. The van der Waals surface area contributed by atoms with Gasteiger partial charge in [-0.05, 0) is 46.5 Å². The fourth-order valence-corrected chi connectivity index (χ4v) is 3.80. The van der Waals surface area contributed by atoms with E-state index in [4.69, 9.17) is 20.2 Å².